The molecule has 9 heteroatoms. The highest BCUT2D eigenvalue weighted by atomic mass is 19.1. The van der Waals surface area contributed by atoms with Gasteiger partial charge in [0.05, 0.1) is 12.7 Å². The summed E-state index contributed by atoms with van der Waals surface area (Å²) < 4.78 is 27.5. The second kappa shape index (κ2) is 6.39. The van der Waals surface area contributed by atoms with Gasteiger partial charge in [0.2, 0.25) is 5.60 Å². The zero-order valence-electron chi connectivity index (χ0n) is 15.5. The Kier molecular flexibility index (Phi) is 3.80. The van der Waals surface area contributed by atoms with E-state index < -0.39 is 23.4 Å². The predicted molar refractivity (Wildman–Crippen MR) is 105 cm³/mol. The Morgan fingerprint density at radius 3 is 3.03 bits per heavy atom. The lowest BCUT2D eigenvalue weighted by Gasteiger charge is -2.36. The highest BCUT2D eigenvalue weighted by Crippen LogP contribution is 2.42. The van der Waals surface area contributed by atoms with Crippen LogP contribution in [0.3, 0.4) is 0 Å². The van der Waals surface area contributed by atoms with Crippen LogP contribution in [0.5, 0.6) is 11.5 Å². The first-order valence-corrected chi connectivity index (χ1v) is 9.00. The Balaban J connectivity index is 1.73. The molecule has 5 rings (SSSR count). The van der Waals surface area contributed by atoms with Crippen molar-refractivity contribution in [1.29, 1.82) is 0 Å². The summed E-state index contributed by atoms with van der Waals surface area (Å²) in [5, 5.41) is 9.95. The quantitative estimate of drug-likeness (QED) is 0.554. The third kappa shape index (κ3) is 2.68. The van der Waals surface area contributed by atoms with Gasteiger partial charge < -0.3 is 20.1 Å². The maximum absolute atomic E-state index is 14.3. The van der Waals surface area contributed by atoms with Crippen molar-refractivity contribution < 1.29 is 18.7 Å². The van der Waals surface area contributed by atoms with Crippen LogP contribution in [-0.4, -0.2) is 39.3 Å². The van der Waals surface area contributed by atoms with E-state index in [0.29, 0.717) is 17.0 Å². The molecule has 1 aromatic carbocycles. The number of nitrogens with one attached hydrogen (secondary N) is 2. The third-order valence-electron chi connectivity index (χ3n) is 4.99. The summed E-state index contributed by atoms with van der Waals surface area (Å²) in [5.74, 6) is 4.93. The minimum Gasteiger partial charge on any atom is -0.484 e. The van der Waals surface area contributed by atoms with Crippen molar-refractivity contribution in [3.63, 3.8) is 0 Å². The molecule has 3 aromatic rings. The number of benzene rings is 1. The first-order valence-electron chi connectivity index (χ1n) is 9.00. The maximum Gasteiger partial charge on any atom is 0.256 e. The van der Waals surface area contributed by atoms with E-state index in [1.807, 2.05) is 0 Å². The van der Waals surface area contributed by atoms with Gasteiger partial charge in [-0.1, -0.05) is 11.8 Å². The molecule has 2 aliphatic rings. The van der Waals surface area contributed by atoms with E-state index in [2.05, 4.69) is 32.6 Å². The molecule has 0 unspecified atom stereocenters. The summed E-state index contributed by atoms with van der Waals surface area (Å²) in [6, 6.07) is 3.29. The van der Waals surface area contributed by atoms with Gasteiger partial charge >= 0.3 is 0 Å². The Bertz CT molecular complexity index is 1290. The van der Waals surface area contributed by atoms with Crippen molar-refractivity contribution >= 4 is 17.4 Å². The lowest BCUT2D eigenvalue weighted by molar-refractivity contribution is 0.0352. The van der Waals surface area contributed by atoms with Crippen LogP contribution >= 0.6 is 0 Å². The van der Waals surface area contributed by atoms with E-state index >= 15 is 0 Å². The summed E-state index contributed by atoms with van der Waals surface area (Å²) in [4.78, 5) is 17.2. The number of hydrogen-bond acceptors (Lipinski definition) is 6. The van der Waals surface area contributed by atoms with E-state index in [9.17, 15) is 9.18 Å². The molecule has 2 atom stereocenters. The number of carbonyl (C=O) groups is 1. The first-order chi connectivity index (χ1) is 14.5. The predicted octanol–water partition coefficient (Wildman–Crippen LogP) is 1.54. The molecule has 0 spiro atoms. The van der Waals surface area contributed by atoms with Crippen LogP contribution in [0.4, 0.5) is 10.2 Å². The SMILES string of the molecule is C#C[C@H]1Nc2ccn3ncc(c3n2)C(=O)NC[C@]2(C#C)COc3cc(F)cc1c3O2. The van der Waals surface area contributed by atoms with Gasteiger partial charge in [-0.3, -0.25) is 4.79 Å². The highest BCUT2D eigenvalue weighted by molar-refractivity contribution is 5.99. The number of nitrogens with zero attached hydrogens (tertiary/aromatic N) is 3. The van der Waals surface area contributed by atoms with Crippen molar-refractivity contribution in [2.75, 3.05) is 18.5 Å². The molecular formula is C21H14FN5O3. The first kappa shape index (κ1) is 17.8. The summed E-state index contributed by atoms with van der Waals surface area (Å²) in [5.41, 5.74) is -0.400. The van der Waals surface area contributed by atoms with Crippen molar-refractivity contribution in [2.45, 2.75) is 11.6 Å². The molecule has 2 aromatic heterocycles. The summed E-state index contributed by atoms with van der Waals surface area (Å²) >= 11 is 0. The zero-order chi connectivity index (χ0) is 20.9. The number of aromatic nitrogens is 3. The summed E-state index contributed by atoms with van der Waals surface area (Å²) in [6.07, 6.45) is 14.5. The van der Waals surface area contributed by atoms with Gasteiger partial charge in [-0.15, -0.1) is 12.8 Å². The normalized spacial score (nSPS) is 22.1. The average Bonchev–Trinajstić information content (AvgIpc) is 3.18. The number of terminal acetylenes is 2. The standard InChI is InChI=1S/C21H14FN5O3/c1-3-15-13-7-12(22)8-16-18(13)30-21(4-2,11-29-16)10-23-20(28)14-9-24-27-6-5-17(25-15)26-19(14)27/h1-2,5-9,15H,10-11H2,(H,23,28)(H,25,26)/t15-,21-/m1/s1. The van der Waals surface area contributed by atoms with Crippen LogP contribution in [0.25, 0.3) is 5.65 Å². The lowest BCUT2D eigenvalue weighted by atomic mass is 10.0. The number of amides is 1. The van der Waals surface area contributed by atoms with E-state index in [1.54, 1.807) is 12.3 Å². The molecule has 4 bridgehead atoms. The van der Waals surface area contributed by atoms with E-state index in [0.717, 1.165) is 0 Å². The Hall–Kier alpha value is -4.24. The molecule has 0 fully saturated rings. The van der Waals surface area contributed by atoms with E-state index in [4.69, 9.17) is 22.3 Å². The monoisotopic (exact) mass is 403 g/mol. The molecule has 8 nitrogen and oxygen atoms in total. The van der Waals surface area contributed by atoms with Gasteiger partial charge in [0.15, 0.2) is 17.1 Å². The van der Waals surface area contributed by atoms with Crippen LogP contribution in [0, 0.1) is 30.5 Å². The topological polar surface area (TPSA) is 89.8 Å². The molecule has 2 aliphatic heterocycles. The fourth-order valence-electron chi connectivity index (χ4n) is 3.43. The molecule has 30 heavy (non-hydrogen) atoms. The number of fused-ring (bicyclic) bond motifs is 2. The Morgan fingerprint density at radius 2 is 2.23 bits per heavy atom. The van der Waals surface area contributed by atoms with Gasteiger partial charge in [0, 0.05) is 17.8 Å². The largest absolute Gasteiger partial charge is 0.484 e. The number of ether oxygens (including phenoxy) is 2. The van der Waals surface area contributed by atoms with E-state index in [1.165, 1.54) is 22.8 Å². The minimum atomic E-state index is -1.30. The Labute approximate surface area is 170 Å². The van der Waals surface area contributed by atoms with Crippen molar-refractivity contribution in [3.05, 3.63) is 47.5 Å². The second-order valence-electron chi connectivity index (χ2n) is 6.92. The fourth-order valence-corrected chi connectivity index (χ4v) is 3.43. The molecule has 0 radical (unpaired) electrons. The van der Waals surface area contributed by atoms with Crippen LogP contribution in [0.15, 0.2) is 30.6 Å². The molecular weight excluding hydrogens is 389 g/mol. The van der Waals surface area contributed by atoms with Gasteiger partial charge in [-0.25, -0.2) is 13.9 Å². The molecule has 2 N–H and O–H groups in total. The molecule has 1 amide bonds. The minimum absolute atomic E-state index is 0.0518. The third-order valence-corrected chi connectivity index (χ3v) is 4.99. The smallest absolute Gasteiger partial charge is 0.256 e. The van der Waals surface area contributed by atoms with Crippen molar-refractivity contribution in [3.8, 4) is 36.2 Å². The zero-order valence-corrected chi connectivity index (χ0v) is 15.5. The summed E-state index contributed by atoms with van der Waals surface area (Å²) in [6.45, 7) is -0.132. The number of rotatable bonds is 0. The number of hydrogen-bond donors (Lipinski definition) is 2. The Morgan fingerprint density at radius 1 is 1.37 bits per heavy atom. The average molecular weight is 403 g/mol. The van der Waals surface area contributed by atoms with E-state index in [-0.39, 0.29) is 30.2 Å². The van der Waals surface area contributed by atoms with Crippen molar-refractivity contribution in [1.82, 2.24) is 19.9 Å². The number of carbonyl (C=O) groups excluding carboxylic acids is 1. The van der Waals surface area contributed by atoms with Gasteiger partial charge in [0.25, 0.3) is 5.91 Å². The summed E-state index contributed by atoms with van der Waals surface area (Å²) in [7, 11) is 0. The van der Waals surface area contributed by atoms with Crippen molar-refractivity contribution in [2.24, 2.45) is 0 Å². The molecule has 0 aliphatic carbocycles. The molecule has 0 saturated heterocycles. The van der Waals surface area contributed by atoms with Crippen LogP contribution in [0.1, 0.15) is 22.0 Å². The molecule has 4 heterocycles. The number of halogens is 1. The number of anilines is 1. The van der Waals surface area contributed by atoms with Gasteiger partial charge in [0.1, 0.15) is 29.8 Å². The van der Waals surface area contributed by atoms with Gasteiger partial charge in [-0.05, 0) is 12.1 Å². The van der Waals surface area contributed by atoms with Gasteiger partial charge in [-0.2, -0.15) is 5.10 Å². The molecule has 0 saturated carbocycles. The highest BCUT2D eigenvalue weighted by Gasteiger charge is 2.39. The molecule has 148 valence electrons. The maximum atomic E-state index is 14.3. The fraction of sp³-hybridized carbons (Fsp3) is 0.190. The lowest BCUT2D eigenvalue weighted by Crippen LogP contribution is -2.52. The van der Waals surface area contributed by atoms with Crippen LogP contribution in [-0.2, 0) is 0 Å². The van der Waals surface area contributed by atoms with Crippen LogP contribution in [0.2, 0.25) is 0 Å². The second-order valence-corrected chi connectivity index (χ2v) is 6.92. The van der Waals surface area contributed by atoms with Crippen LogP contribution < -0.4 is 20.1 Å².